The van der Waals surface area contributed by atoms with Gasteiger partial charge in [0, 0.05) is 6.20 Å². The van der Waals surface area contributed by atoms with Crippen molar-refractivity contribution in [2.45, 2.75) is 13.3 Å². The van der Waals surface area contributed by atoms with Crippen LogP contribution in [0.25, 0.3) is 0 Å². The van der Waals surface area contributed by atoms with Crippen LogP contribution in [0.1, 0.15) is 12.5 Å². The first kappa shape index (κ1) is 9.37. The summed E-state index contributed by atoms with van der Waals surface area (Å²) in [6, 6.07) is 0. The van der Waals surface area contributed by atoms with Crippen LogP contribution in [0.4, 0.5) is 10.1 Å². The van der Waals surface area contributed by atoms with E-state index in [-0.39, 0.29) is 12.0 Å². The number of hydrogen-bond donors (Lipinski definition) is 1. The van der Waals surface area contributed by atoms with E-state index in [0.29, 0.717) is 0 Å². The van der Waals surface area contributed by atoms with Gasteiger partial charge in [-0.25, -0.2) is 4.39 Å². The van der Waals surface area contributed by atoms with Gasteiger partial charge in [-0.2, -0.15) is 0 Å². The summed E-state index contributed by atoms with van der Waals surface area (Å²) in [6.07, 6.45) is 0.945. The Kier molecular flexibility index (Phi) is 2.41. The van der Waals surface area contributed by atoms with Crippen molar-refractivity contribution in [2.24, 2.45) is 0 Å². The predicted octanol–water partition coefficient (Wildman–Crippen LogP) is 0.985. The number of H-pyrrole nitrogens is 1. The summed E-state index contributed by atoms with van der Waals surface area (Å²) in [5.74, 6) is -0.756. The molecule has 70 valence electrons. The highest BCUT2D eigenvalue weighted by atomic mass is 19.1. The summed E-state index contributed by atoms with van der Waals surface area (Å²) < 4.78 is 12.9. The highest BCUT2D eigenvalue weighted by Gasteiger charge is 2.21. The van der Waals surface area contributed by atoms with Crippen molar-refractivity contribution in [1.82, 2.24) is 4.98 Å². The van der Waals surface area contributed by atoms with E-state index < -0.39 is 22.0 Å². The van der Waals surface area contributed by atoms with Crippen LogP contribution in [0.2, 0.25) is 0 Å². The Morgan fingerprint density at radius 3 is 2.69 bits per heavy atom. The lowest BCUT2D eigenvalue weighted by atomic mass is 10.2. The summed E-state index contributed by atoms with van der Waals surface area (Å²) in [4.78, 5) is 22.4. The quantitative estimate of drug-likeness (QED) is 0.552. The minimum Gasteiger partial charge on any atom is -0.320 e. The summed E-state index contributed by atoms with van der Waals surface area (Å²) in [5.41, 5.74) is -1.74. The zero-order chi connectivity index (χ0) is 10.0. The Hall–Kier alpha value is -1.72. The van der Waals surface area contributed by atoms with Gasteiger partial charge in [0.25, 0.3) is 0 Å². The average Bonchev–Trinajstić information content (AvgIpc) is 2.07. The van der Waals surface area contributed by atoms with Gasteiger partial charge in [-0.05, 0) is 6.42 Å². The third-order valence-electron chi connectivity index (χ3n) is 1.66. The molecule has 0 spiro atoms. The van der Waals surface area contributed by atoms with Crippen molar-refractivity contribution in [1.29, 1.82) is 0 Å². The van der Waals surface area contributed by atoms with Crippen molar-refractivity contribution < 1.29 is 9.31 Å². The molecule has 5 nitrogen and oxygen atoms in total. The van der Waals surface area contributed by atoms with Crippen molar-refractivity contribution in [3.63, 3.8) is 0 Å². The lowest BCUT2D eigenvalue weighted by Crippen LogP contribution is -2.15. The summed E-state index contributed by atoms with van der Waals surface area (Å²) >= 11 is 0. The molecule has 0 saturated carbocycles. The maximum atomic E-state index is 12.9. The van der Waals surface area contributed by atoms with Crippen molar-refractivity contribution >= 4 is 5.69 Å². The number of nitrogens with one attached hydrogen (secondary N) is 1. The van der Waals surface area contributed by atoms with Gasteiger partial charge in [-0.3, -0.25) is 14.9 Å². The molecule has 1 rings (SSSR count). The van der Waals surface area contributed by atoms with E-state index in [4.69, 9.17) is 0 Å². The fraction of sp³-hybridized carbons (Fsp3) is 0.286. The SMILES string of the molecule is CCc1c(F)c[nH]c(=O)c1[N+](=O)[O-]. The van der Waals surface area contributed by atoms with E-state index in [0.717, 1.165) is 6.20 Å². The van der Waals surface area contributed by atoms with Crippen LogP contribution in [0, 0.1) is 15.9 Å². The molecule has 13 heavy (non-hydrogen) atoms. The molecule has 0 amide bonds. The minimum absolute atomic E-state index is 0.117. The molecule has 0 aliphatic carbocycles. The van der Waals surface area contributed by atoms with E-state index in [9.17, 15) is 19.3 Å². The third kappa shape index (κ3) is 1.56. The zero-order valence-electron chi connectivity index (χ0n) is 6.83. The normalized spacial score (nSPS) is 10.0. The maximum Gasteiger partial charge on any atom is 0.339 e. The Labute approximate surface area is 72.4 Å². The lowest BCUT2D eigenvalue weighted by Gasteiger charge is -1.98. The molecule has 0 fully saturated rings. The van der Waals surface area contributed by atoms with Crippen LogP contribution in [-0.2, 0) is 6.42 Å². The lowest BCUT2D eigenvalue weighted by molar-refractivity contribution is -0.387. The number of nitrogens with zero attached hydrogens (tertiary/aromatic N) is 1. The molecule has 0 radical (unpaired) electrons. The van der Waals surface area contributed by atoms with E-state index >= 15 is 0 Å². The van der Waals surface area contributed by atoms with Gasteiger partial charge in [0.1, 0.15) is 5.82 Å². The molecular weight excluding hydrogens is 179 g/mol. The highest BCUT2D eigenvalue weighted by Crippen LogP contribution is 2.15. The van der Waals surface area contributed by atoms with Crippen LogP contribution in [0.3, 0.4) is 0 Å². The molecular formula is C7H7FN2O3. The molecule has 0 saturated heterocycles. The fourth-order valence-electron chi connectivity index (χ4n) is 1.06. The van der Waals surface area contributed by atoms with Crippen LogP contribution >= 0.6 is 0 Å². The minimum atomic E-state index is -0.874. The number of nitro groups is 1. The second-order valence-electron chi connectivity index (χ2n) is 2.40. The Morgan fingerprint density at radius 2 is 2.31 bits per heavy atom. The number of halogens is 1. The monoisotopic (exact) mass is 186 g/mol. The second-order valence-corrected chi connectivity index (χ2v) is 2.40. The van der Waals surface area contributed by atoms with Crippen molar-refractivity contribution in [3.8, 4) is 0 Å². The first-order valence-electron chi connectivity index (χ1n) is 3.62. The van der Waals surface area contributed by atoms with Gasteiger partial charge in [-0.1, -0.05) is 6.92 Å². The molecule has 1 N–H and O–H groups in total. The molecule has 1 aromatic rings. The number of aromatic amines is 1. The number of aromatic nitrogens is 1. The number of rotatable bonds is 2. The fourth-order valence-corrected chi connectivity index (χ4v) is 1.06. The smallest absolute Gasteiger partial charge is 0.320 e. The third-order valence-corrected chi connectivity index (χ3v) is 1.66. The molecule has 1 heterocycles. The van der Waals surface area contributed by atoms with E-state index in [1.807, 2.05) is 4.98 Å². The zero-order valence-corrected chi connectivity index (χ0v) is 6.83. The van der Waals surface area contributed by atoms with Gasteiger partial charge in [-0.15, -0.1) is 0 Å². The van der Waals surface area contributed by atoms with Crippen LogP contribution < -0.4 is 5.56 Å². The first-order chi connectivity index (χ1) is 6.07. The topological polar surface area (TPSA) is 76.0 Å². The van der Waals surface area contributed by atoms with Crippen LogP contribution in [-0.4, -0.2) is 9.91 Å². The van der Waals surface area contributed by atoms with Crippen molar-refractivity contribution in [3.05, 3.63) is 38.0 Å². The van der Waals surface area contributed by atoms with Crippen LogP contribution in [0.5, 0.6) is 0 Å². The van der Waals surface area contributed by atoms with Gasteiger partial charge >= 0.3 is 11.2 Å². The maximum absolute atomic E-state index is 12.9. The van der Waals surface area contributed by atoms with Gasteiger partial charge in [0.2, 0.25) is 0 Å². The van der Waals surface area contributed by atoms with E-state index in [1.54, 1.807) is 6.92 Å². The van der Waals surface area contributed by atoms with E-state index in [1.165, 1.54) is 0 Å². The predicted molar refractivity (Wildman–Crippen MR) is 43.1 cm³/mol. The van der Waals surface area contributed by atoms with Crippen molar-refractivity contribution in [2.75, 3.05) is 0 Å². The molecule has 0 aliphatic heterocycles. The van der Waals surface area contributed by atoms with Crippen LogP contribution in [0.15, 0.2) is 11.0 Å². The van der Waals surface area contributed by atoms with E-state index in [2.05, 4.69) is 0 Å². The molecule has 0 aromatic carbocycles. The molecule has 0 bridgehead atoms. The van der Waals surface area contributed by atoms with Gasteiger partial charge in [0.15, 0.2) is 0 Å². The standard InChI is InChI=1S/C7H7FN2O3/c1-2-4-5(8)3-9-7(11)6(4)10(12)13/h3H,2H2,1H3,(H,9,11). The molecule has 0 unspecified atom stereocenters. The van der Waals surface area contributed by atoms with Gasteiger partial charge < -0.3 is 4.98 Å². The summed E-state index contributed by atoms with van der Waals surface area (Å²) in [6.45, 7) is 1.55. The summed E-state index contributed by atoms with van der Waals surface area (Å²) in [7, 11) is 0. The van der Waals surface area contributed by atoms with Gasteiger partial charge in [0.05, 0.1) is 10.5 Å². The Balaban J connectivity index is 3.53. The number of hydrogen-bond acceptors (Lipinski definition) is 3. The molecule has 0 atom stereocenters. The second kappa shape index (κ2) is 3.34. The average molecular weight is 186 g/mol. The molecule has 0 aliphatic rings. The number of pyridine rings is 1. The Morgan fingerprint density at radius 1 is 1.69 bits per heavy atom. The summed E-state index contributed by atoms with van der Waals surface area (Å²) in [5, 5.41) is 10.4. The first-order valence-corrected chi connectivity index (χ1v) is 3.62. The largest absolute Gasteiger partial charge is 0.339 e. The highest BCUT2D eigenvalue weighted by molar-refractivity contribution is 5.37. The molecule has 6 heteroatoms. The molecule has 1 aromatic heterocycles. The Bertz CT molecular complexity index is 399.